The molecule has 4 rings (SSSR count). The van der Waals surface area contributed by atoms with E-state index in [1.807, 2.05) is 42.8 Å². The van der Waals surface area contributed by atoms with Gasteiger partial charge in [0.25, 0.3) is 5.91 Å². The van der Waals surface area contributed by atoms with E-state index in [2.05, 4.69) is 15.3 Å². The molecule has 2 heterocycles. The fraction of sp³-hybridized carbons (Fsp3) is 0.296. The summed E-state index contributed by atoms with van der Waals surface area (Å²) in [6.07, 6.45) is 6.14. The number of amides is 1. The molecule has 8 nitrogen and oxygen atoms in total. The van der Waals surface area contributed by atoms with Gasteiger partial charge in [0.15, 0.2) is 0 Å². The third-order valence-electron chi connectivity index (χ3n) is 5.94. The summed E-state index contributed by atoms with van der Waals surface area (Å²) in [4.78, 5) is 24.0. The van der Waals surface area contributed by atoms with Crippen LogP contribution >= 0.6 is 0 Å². The van der Waals surface area contributed by atoms with Crippen LogP contribution in [0.5, 0.6) is 5.75 Å². The molecule has 36 heavy (non-hydrogen) atoms. The van der Waals surface area contributed by atoms with Crippen LogP contribution in [0.15, 0.2) is 65.7 Å². The van der Waals surface area contributed by atoms with Gasteiger partial charge in [-0.1, -0.05) is 18.2 Å². The summed E-state index contributed by atoms with van der Waals surface area (Å²) in [5.74, 6) is 0.563. The number of nitrogens with one attached hydrogen (secondary N) is 1. The van der Waals surface area contributed by atoms with Gasteiger partial charge >= 0.3 is 0 Å². The number of carbonyl (C=O) groups excluding carboxylic acids is 1. The number of guanidine groups is 1. The summed E-state index contributed by atoms with van der Waals surface area (Å²) >= 11 is 0. The molecule has 1 fully saturated rings. The molecule has 9 heteroatoms. The van der Waals surface area contributed by atoms with Crippen LogP contribution < -0.4 is 10.1 Å². The molecule has 1 saturated heterocycles. The summed E-state index contributed by atoms with van der Waals surface area (Å²) in [5, 5.41) is 3.18. The minimum Gasteiger partial charge on any atom is -0.495 e. The topological polar surface area (TPSA) is 81.0 Å². The summed E-state index contributed by atoms with van der Waals surface area (Å²) in [6, 6.07) is 11.5. The number of imidazole rings is 1. The molecule has 0 bridgehead atoms. The van der Waals surface area contributed by atoms with E-state index in [1.165, 1.54) is 12.1 Å². The van der Waals surface area contributed by atoms with E-state index in [0.717, 1.165) is 28.9 Å². The van der Waals surface area contributed by atoms with Crippen molar-refractivity contribution in [2.75, 3.05) is 27.4 Å². The van der Waals surface area contributed by atoms with Crippen molar-refractivity contribution in [3.05, 3.63) is 83.3 Å². The third kappa shape index (κ3) is 5.46. The summed E-state index contributed by atoms with van der Waals surface area (Å²) in [7, 11) is 3.25. The van der Waals surface area contributed by atoms with E-state index in [4.69, 9.17) is 9.47 Å². The second-order valence-electron chi connectivity index (χ2n) is 8.49. The first-order valence-electron chi connectivity index (χ1n) is 11.7. The van der Waals surface area contributed by atoms with Crippen molar-refractivity contribution in [1.82, 2.24) is 19.8 Å². The molecule has 3 aromatic rings. The van der Waals surface area contributed by atoms with Crippen molar-refractivity contribution in [2.24, 2.45) is 4.99 Å². The fourth-order valence-electron chi connectivity index (χ4n) is 4.03. The molecule has 1 aliphatic heterocycles. The molecule has 188 valence electrons. The van der Waals surface area contributed by atoms with Crippen LogP contribution in [0.3, 0.4) is 0 Å². The number of rotatable bonds is 9. The van der Waals surface area contributed by atoms with E-state index < -0.39 is 0 Å². The average Bonchev–Trinajstić information content (AvgIpc) is 3.44. The van der Waals surface area contributed by atoms with E-state index in [9.17, 15) is 9.18 Å². The Balaban J connectivity index is 1.65. The molecule has 1 aliphatic rings. The number of aromatic nitrogens is 2. The lowest BCUT2D eigenvalue weighted by molar-refractivity contribution is -0.123. The molecular formula is C27H30FN5O3. The predicted molar refractivity (Wildman–Crippen MR) is 136 cm³/mol. The maximum Gasteiger partial charge on any atom is 0.277 e. The lowest BCUT2D eigenvalue weighted by Crippen LogP contribution is -2.35. The number of benzene rings is 2. The smallest absolute Gasteiger partial charge is 0.277 e. The maximum absolute atomic E-state index is 13.5. The number of carbonyl (C=O) groups is 1. The third-order valence-corrected chi connectivity index (χ3v) is 5.94. The number of halogens is 1. The van der Waals surface area contributed by atoms with Gasteiger partial charge in [0.05, 0.1) is 30.9 Å². The first-order valence-corrected chi connectivity index (χ1v) is 11.7. The van der Waals surface area contributed by atoms with Gasteiger partial charge in [0.2, 0.25) is 5.96 Å². The zero-order valence-electron chi connectivity index (χ0n) is 20.9. The summed E-state index contributed by atoms with van der Waals surface area (Å²) in [6.45, 7) is 4.89. The Morgan fingerprint density at radius 3 is 2.64 bits per heavy atom. The quantitative estimate of drug-likeness (QED) is 0.358. The molecule has 1 atom stereocenters. The summed E-state index contributed by atoms with van der Waals surface area (Å²) < 4.78 is 26.1. The molecule has 2 aromatic carbocycles. The number of ether oxygens (including phenoxy) is 2. The number of aryl methyl sites for hydroxylation is 1. The monoisotopic (exact) mass is 491 g/mol. The first kappa shape index (κ1) is 25.1. The highest BCUT2D eigenvalue weighted by Crippen LogP contribution is 2.29. The number of aliphatic imine (C=N–C) groups is 1. The molecule has 0 saturated carbocycles. The highest BCUT2D eigenvalue weighted by Gasteiger charge is 2.36. The number of methoxy groups -OCH3 is 2. The van der Waals surface area contributed by atoms with Gasteiger partial charge in [-0.25, -0.2) is 9.37 Å². The number of hydrogen-bond donors (Lipinski definition) is 1. The second-order valence-corrected chi connectivity index (χ2v) is 8.49. The van der Waals surface area contributed by atoms with Crippen molar-refractivity contribution >= 4 is 17.9 Å². The zero-order valence-corrected chi connectivity index (χ0v) is 20.9. The maximum atomic E-state index is 13.5. The molecule has 0 spiro atoms. The Hall–Kier alpha value is -3.98. The van der Waals surface area contributed by atoms with Crippen LogP contribution in [0.4, 0.5) is 4.39 Å². The highest BCUT2D eigenvalue weighted by molar-refractivity contribution is 6.15. The lowest BCUT2D eigenvalue weighted by Gasteiger charge is -2.24. The standard InChI is InChI=1S/C27H30FN5O3/c1-18-16-32(17-30-18)24-11-6-20(15-25(24)36-4)14-23-26(34)33(27(31-23)29-12-5-13-35-3)19(2)21-7-9-22(28)10-8-21/h6-11,14-17,19H,5,12-13H2,1-4H3,(H,29,31)/b23-14-. The van der Waals surface area contributed by atoms with Gasteiger partial charge in [-0.2, -0.15) is 0 Å². The molecule has 1 aromatic heterocycles. The van der Waals surface area contributed by atoms with Gasteiger partial charge in [-0.3, -0.25) is 14.7 Å². The van der Waals surface area contributed by atoms with Crippen molar-refractivity contribution in [3.63, 3.8) is 0 Å². The van der Waals surface area contributed by atoms with Crippen LogP contribution in [0.2, 0.25) is 0 Å². The fourth-order valence-corrected chi connectivity index (χ4v) is 4.03. The van der Waals surface area contributed by atoms with Crippen LogP contribution in [0.1, 0.15) is 36.2 Å². The number of hydrogen-bond acceptors (Lipinski definition) is 5. The van der Waals surface area contributed by atoms with Crippen LogP contribution in [-0.2, 0) is 9.53 Å². The van der Waals surface area contributed by atoms with Crippen molar-refractivity contribution in [3.8, 4) is 11.4 Å². The lowest BCUT2D eigenvalue weighted by atomic mass is 10.1. The zero-order chi connectivity index (χ0) is 25.7. The molecule has 0 radical (unpaired) electrons. The van der Waals surface area contributed by atoms with E-state index in [1.54, 1.807) is 43.7 Å². The van der Waals surface area contributed by atoms with Gasteiger partial charge in [0, 0.05) is 26.5 Å². The Labute approximate surface area is 210 Å². The highest BCUT2D eigenvalue weighted by atomic mass is 19.1. The second kappa shape index (κ2) is 11.2. The van der Waals surface area contributed by atoms with Crippen molar-refractivity contribution in [1.29, 1.82) is 0 Å². The normalized spacial score (nSPS) is 16.6. The van der Waals surface area contributed by atoms with Gasteiger partial charge < -0.3 is 19.4 Å². The van der Waals surface area contributed by atoms with Crippen LogP contribution in [-0.4, -0.2) is 53.7 Å². The Morgan fingerprint density at radius 1 is 1.19 bits per heavy atom. The minimum absolute atomic E-state index is 0.217. The molecular weight excluding hydrogens is 461 g/mol. The molecule has 1 amide bonds. The van der Waals surface area contributed by atoms with Gasteiger partial charge in [-0.05, 0) is 61.7 Å². The number of nitrogens with zero attached hydrogens (tertiary/aromatic N) is 4. The largest absolute Gasteiger partial charge is 0.495 e. The van der Waals surface area contributed by atoms with Crippen molar-refractivity contribution in [2.45, 2.75) is 26.3 Å². The van der Waals surface area contributed by atoms with Crippen LogP contribution in [0.25, 0.3) is 11.8 Å². The Kier molecular flexibility index (Phi) is 7.80. The predicted octanol–water partition coefficient (Wildman–Crippen LogP) is 4.25. The van der Waals surface area contributed by atoms with E-state index >= 15 is 0 Å². The Bertz CT molecular complexity index is 1280. The van der Waals surface area contributed by atoms with E-state index in [-0.39, 0.29) is 17.8 Å². The van der Waals surface area contributed by atoms with Gasteiger partial charge in [-0.15, -0.1) is 0 Å². The van der Waals surface area contributed by atoms with Crippen LogP contribution in [0, 0.1) is 12.7 Å². The summed E-state index contributed by atoms with van der Waals surface area (Å²) in [5.41, 5.74) is 3.73. The molecule has 1 N–H and O–H groups in total. The van der Waals surface area contributed by atoms with Crippen molar-refractivity contribution < 1.29 is 18.7 Å². The van der Waals surface area contributed by atoms with E-state index in [0.29, 0.717) is 30.6 Å². The van der Waals surface area contributed by atoms with Gasteiger partial charge in [0.1, 0.15) is 17.3 Å². The SMILES string of the molecule is COCCCN=C1N/C(=C\c2ccc(-n3cnc(C)c3)c(OC)c2)C(=O)N1C(C)c1ccc(F)cc1. The Morgan fingerprint density at radius 2 is 1.97 bits per heavy atom. The first-order chi connectivity index (χ1) is 17.4. The average molecular weight is 492 g/mol. The minimum atomic E-state index is -0.348. The molecule has 0 aliphatic carbocycles. The molecule has 1 unspecified atom stereocenters.